The van der Waals surface area contributed by atoms with Gasteiger partial charge in [0, 0.05) is 31.1 Å². The molecule has 23 heavy (non-hydrogen) atoms. The Morgan fingerprint density at radius 3 is 3.00 bits per heavy atom. The van der Waals surface area contributed by atoms with E-state index in [0.29, 0.717) is 39.1 Å². The van der Waals surface area contributed by atoms with Gasteiger partial charge in [-0.15, -0.1) is 11.3 Å². The van der Waals surface area contributed by atoms with Gasteiger partial charge in [-0.1, -0.05) is 0 Å². The quantitative estimate of drug-likeness (QED) is 0.913. The summed E-state index contributed by atoms with van der Waals surface area (Å²) in [6.45, 7) is 1.75. The van der Waals surface area contributed by atoms with Gasteiger partial charge in [0.15, 0.2) is 0 Å². The first kappa shape index (κ1) is 16.6. The van der Waals surface area contributed by atoms with Gasteiger partial charge < -0.3 is 10.2 Å². The van der Waals surface area contributed by atoms with Gasteiger partial charge in [-0.25, -0.2) is 4.79 Å². The number of carbonyl (C=O) groups excluding carboxylic acids is 1. The fourth-order valence-electron chi connectivity index (χ4n) is 3.24. The number of hydrogen-bond donors (Lipinski definition) is 1. The van der Waals surface area contributed by atoms with Crippen LogP contribution in [0.3, 0.4) is 0 Å². The summed E-state index contributed by atoms with van der Waals surface area (Å²) in [5.41, 5.74) is 1.20. The minimum absolute atomic E-state index is 0.0998. The van der Waals surface area contributed by atoms with E-state index in [1.54, 1.807) is 16.2 Å². The summed E-state index contributed by atoms with van der Waals surface area (Å²) in [7, 11) is 0. The SMILES string of the molecule is O=C(NCC1CCN(CC(F)(F)F)C1)N1CCc2sccc2C1. The molecule has 1 N–H and O–H groups in total. The topological polar surface area (TPSA) is 35.6 Å². The fraction of sp³-hybridized carbons (Fsp3) is 0.667. The van der Waals surface area contributed by atoms with E-state index in [1.165, 1.54) is 15.3 Å². The predicted octanol–water partition coefficient (Wildman–Crippen LogP) is 2.70. The molecule has 1 atom stereocenters. The number of urea groups is 1. The van der Waals surface area contributed by atoms with Crippen molar-refractivity contribution in [1.29, 1.82) is 0 Å². The Morgan fingerprint density at radius 1 is 1.39 bits per heavy atom. The number of halogens is 3. The first-order valence-electron chi connectivity index (χ1n) is 7.78. The molecule has 2 aliphatic heterocycles. The number of fused-ring (bicyclic) bond motifs is 1. The van der Waals surface area contributed by atoms with Gasteiger partial charge >= 0.3 is 12.2 Å². The molecule has 0 spiro atoms. The van der Waals surface area contributed by atoms with Crippen LogP contribution in [0.2, 0.25) is 0 Å². The van der Waals surface area contributed by atoms with Crippen molar-refractivity contribution in [2.45, 2.75) is 25.6 Å². The zero-order valence-corrected chi connectivity index (χ0v) is 13.6. The molecule has 1 aromatic rings. The first-order chi connectivity index (χ1) is 10.9. The zero-order chi connectivity index (χ0) is 16.4. The van der Waals surface area contributed by atoms with Crippen LogP contribution in [0.25, 0.3) is 0 Å². The number of rotatable bonds is 3. The largest absolute Gasteiger partial charge is 0.401 e. The van der Waals surface area contributed by atoms with E-state index in [9.17, 15) is 18.0 Å². The van der Waals surface area contributed by atoms with Crippen molar-refractivity contribution in [2.75, 3.05) is 32.7 Å². The molecule has 3 heterocycles. The standard InChI is InChI=1S/C15H20F3N3OS/c16-15(17,18)10-20-4-1-11(8-20)7-19-14(22)21-5-2-13-12(9-21)3-6-23-13/h3,6,11H,1-2,4-5,7-10H2,(H,19,22). The summed E-state index contributed by atoms with van der Waals surface area (Å²) in [4.78, 5) is 16.7. The van der Waals surface area contributed by atoms with Crippen molar-refractivity contribution in [3.63, 3.8) is 0 Å². The smallest absolute Gasteiger partial charge is 0.338 e. The third-order valence-corrected chi connectivity index (χ3v) is 5.43. The Labute approximate surface area is 137 Å². The molecule has 2 aliphatic rings. The number of likely N-dealkylation sites (tertiary alicyclic amines) is 1. The molecule has 8 heteroatoms. The molecule has 0 aliphatic carbocycles. The maximum Gasteiger partial charge on any atom is 0.401 e. The van der Waals surface area contributed by atoms with Crippen LogP contribution in [0.5, 0.6) is 0 Å². The van der Waals surface area contributed by atoms with Crippen molar-refractivity contribution in [3.8, 4) is 0 Å². The molecule has 0 saturated carbocycles. The highest BCUT2D eigenvalue weighted by Crippen LogP contribution is 2.24. The van der Waals surface area contributed by atoms with Crippen molar-refractivity contribution in [1.82, 2.24) is 15.1 Å². The Bertz CT molecular complexity index is 560. The third kappa shape index (κ3) is 4.38. The Kier molecular flexibility index (Phi) is 4.82. The Hall–Kier alpha value is -1.28. The van der Waals surface area contributed by atoms with Gasteiger partial charge in [0.1, 0.15) is 0 Å². The van der Waals surface area contributed by atoms with Gasteiger partial charge in [-0.3, -0.25) is 4.90 Å². The zero-order valence-electron chi connectivity index (χ0n) is 12.7. The summed E-state index contributed by atoms with van der Waals surface area (Å²) < 4.78 is 37.1. The van der Waals surface area contributed by atoms with Crippen LogP contribution < -0.4 is 5.32 Å². The van der Waals surface area contributed by atoms with E-state index in [4.69, 9.17) is 0 Å². The second kappa shape index (κ2) is 6.68. The highest BCUT2D eigenvalue weighted by atomic mass is 32.1. The lowest BCUT2D eigenvalue weighted by molar-refractivity contribution is -0.143. The normalized spacial score (nSPS) is 22.2. The van der Waals surface area contributed by atoms with Crippen molar-refractivity contribution < 1.29 is 18.0 Å². The average molecular weight is 347 g/mol. The monoisotopic (exact) mass is 347 g/mol. The van der Waals surface area contributed by atoms with Gasteiger partial charge in [0.25, 0.3) is 0 Å². The molecule has 1 fully saturated rings. The molecule has 0 bridgehead atoms. The molecule has 1 aromatic heterocycles. The van der Waals surface area contributed by atoms with Crippen LogP contribution in [0.4, 0.5) is 18.0 Å². The molecule has 4 nitrogen and oxygen atoms in total. The van der Waals surface area contributed by atoms with Crippen molar-refractivity contribution in [3.05, 3.63) is 21.9 Å². The summed E-state index contributed by atoms with van der Waals surface area (Å²) in [6.07, 6.45) is -2.57. The molecule has 2 amide bonds. The van der Waals surface area contributed by atoms with E-state index in [2.05, 4.69) is 5.32 Å². The van der Waals surface area contributed by atoms with Crippen LogP contribution >= 0.6 is 11.3 Å². The fourth-order valence-corrected chi connectivity index (χ4v) is 4.13. The minimum atomic E-state index is -4.15. The van der Waals surface area contributed by atoms with E-state index in [1.807, 2.05) is 11.4 Å². The Balaban J connectivity index is 1.42. The van der Waals surface area contributed by atoms with Gasteiger partial charge in [-0.2, -0.15) is 13.2 Å². The first-order valence-corrected chi connectivity index (χ1v) is 8.66. The highest BCUT2D eigenvalue weighted by molar-refractivity contribution is 7.10. The Morgan fingerprint density at radius 2 is 2.22 bits per heavy atom. The number of amides is 2. The number of hydrogen-bond acceptors (Lipinski definition) is 3. The van der Waals surface area contributed by atoms with Gasteiger partial charge in [-0.05, 0) is 42.3 Å². The van der Waals surface area contributed by atoms with E-state index < -0.39 is 12.7 Å². The van der Waals surface area contributed by atoms with Crippen LogP contribution in [0.1, 0.15) is 16.9 Å². The second-order valence-electron chi connectivity index (χ2n) is 6.23. The molecule has 0 aromatic carbocycles. The lowest BCUT2D eigenvalue weighted by atomic mass is 10.1. The minimum Gasteiger partial charge on any atom is -0.338 e. The number of thiophene rings is 1. The van der Waals surface area contributed by atoms with E-state index in [0.717, 1.165) is 6.42 Å². The molecular formula is C15H20F3N3OS. The van der Waals surface area contributed by atoms with Gasteiger partial charge in [0.2, 0.25) is 0 Å². The van der Waals surface area contributed by atoms with E-state index in [-0.39, 0.29) is 11.9 Å². The second-order valence-corrected chi connectivity index (χ2v) is 7.23. The number of carbonyl (C=O) groups is 1. The summed E-state index contributed by atoms with van der Waals surface area (Å²) in [5.74, 6) is 0.0998. The maximum absolute atomic E-state index is 12.4. The van der Waals surface area contributed by atoms with E-state index >= 15 is 0 Å². The lowest BCUT2D eigenvalue weighted by Crippen LogP contribution is -2.44. The van der Waals surface area contributed by atoms with Crippen LogP contribution in [0, 0.1) is 5.92 Å². The van der Waals surface area contributed by atoms with Crippen LogP contribution in [-0.2, 0) is 13.0 Å². The predicted molar refractivity (Wildman–Crippen MR) is 82.4 cm³/mol. The van der Waals surface area contributed by atoms with Crippen molar-refractivity contribution >= 4 is 17.4 Å². The number of alkyl halides is 3. The molecule has 3 rings (SSSR count). The molecule has 0 radical (unpaired) electrons. The summed E-state index contributed by atoms with van der Waals surface area (Å²) >= 11 is 1.72. The van der Waals surface area contributed by atoms with Crippen LogP contribution in [-0.4, -0.2) is 54.7 Å². The van der Waals surface area contributed by atoms with Crippen molar-refractivity contribution in [2.24, 2.45) is 5.92 Å². The molecule has 128 valence electrons. The molecule has 1 unspecified atom stereocenters. The molecule has 1 saturated heterocycles. The van der Waals surface area contributed by atoms with Gasteiger partial charge in [0.05, 0.1) is 6.54 Å². The summed E-state index contributed by atoms with van der Waals surface area (Å²) in [5, 5.41) is 4.92. The lowest BCUT2D eigenvalue weighted by Gasteiger charge is -2.27. The summed E-state index contributed by atoms with van der Waals surface area (Å²) in [6, 6.07) is 1.93. The molecular weight excluding hydrogens is 327 g/mol. The average Bonchev–Trinajstić information content (AvgIpc) is 3.11. The van der Waals surface area contributed by atoms with Crippen LogP contribution in [0.15, 0.2) is 11.4 Å². The number of nitrogens with zero attached hydrogens (tertiary/aromatic N) is 2. The third-order valence-electron chi connectivity index (χ3n) is 4.41. The maximum atomic E-state index is 12.4. The highest BCUT2D eigenvalue weighted by Gasteiger charge is 2.34. The number of nitrogens with one attached hydrogen (secondary N) is 1.